The molecule has 1 aliphatic heterocycles. The predicted octanol–water partition coefficient (Wildman–Crippen LogP) is 5.02. The quantitative estimate of drug-likeness (QED) is 0.451. The van der Waals surface area contributed by atoms with Crippen LogP contribution in [0.3, 0.4) is 0 Å². The zero-order valence-corrected chi connectivity index (χ0v) is 19.1. The molecule has 32 heavy (non-hydrogen) atoms. The van der Waals surface area contributed by atoms with Crippen molar-refractivity contribution >= 4 is 0 Å². The fourth-order valence-corrected chi connectivity index (χ4v) is 4.00. The lowest BCUT2D eigenvalue weighted by molar-refractivity contribution is 0.153. The van der Waals surface area contributed by atoms with E-state index in [1.165, 1.54) is 42.9 Å². The van der Waals surface area contributed by atoms with Crippen LogP contribution >= 0.6 is 0 Å². The lowest BCUT2D eigenvalue weighted by Gasteiger charge is -2.32. The van der Waals surface area contributed by atoms with Crippen molar-refractivity contribution in [2.75, 3.05) is 39.8 Å². The normalized spacial score (nSPS) is 14.9. The van der Waals surface area contributed by atoms with Gasteiger partial charge in [0.1, 0.15) is 24.7 Å². The Morgan fingerprint density at radius 1 is 0.656 bits per heavy atom. The summed E-state index contributed by atoms with van der Waals surface area (Å²) in [4.78, 5) is 4.98. The molecule has 0 spiro atoms. The fourth-order valence-electron chi connectivity index (χ4n) is 4.00. The number of benzene rings is 3. The van der Waals surface area contributed by atoms with Crippen molar-refractivity contribution in [2.24, 2.45) is 0 Å². The van der Waals surface area contributed by atoms with Crippen LogP contribution in [0.2, 0.25) is 0 Å². The van der Waals surface area contributed by atoms with Crippen LogP contribution in [0, 0.1) is 0 Å². The SMILES string of the molecule is CN1CCN(CCCc2cc(OCc3ccccc3)cc(OCc3ccccc3)c2)CC1. The first kappa shape index (κ1) is 22.4. The summed E-state index contributed by atoms with van der Waals surface area (Å²) in [5.74, 6) is 1.74. The summed E-state index contributed by atoms with van der Waals surface area (Å²) in [6, 6.07) is 26.9. The van der Waals surface area contributed by atoms with Crippen LogP contribution in [0.25, 0.3) is 0 Å². The van der Waals surface area contributed by atoms with Gasteiger partial charge >= 0.3 is 0 Å². The van der Waals surface area contributed by atoms with Gasteiger partial charge in [-0.15, -0.1) is 0 Å². The fraction of sp³-hybridized carbons (Fsp3) is 0.357. The largest absolute Gasteiger partial charge is 0.489 e. The minimum atomic E-state index is 0.559. The molecule has 0 unspecified atom stereocenters. The molecular formula is C28H34N2O2. The van der Waals surface area contributed by atoms with E-state index in [0.717, 1.165) is 30.9 Å². The van der Waals surface area contributed by atoms with Crippen molar-refractivity contribution in [1.29, 1.82) is 0 Å². The van der Waals surface area contributed by atoms with Gasteiger partial charge in [-0.05, 0) is 55.3 Å². The molecule has 0 aliphatic carbocycles. The average molecular weight is 431 g/mol. The van der Waals surface area contributed by atoms with Crippen LogP contribution in [-0.2, 0) is 19.6 Å². The third kappa shape index (κ3) is 7.11. The van der Waals surface area contributed by atoms with Crippen molar-refractivity contribution in [2.45, 2.75) is 26.1 Å². The summed E-state index contributed by atoms with van der Waals surface area (Å²) in [5, 5.41) is 0. The summed E-state index contributed by atoms with van der Waals surface area (Å²) < 4.78 is 12.3. The van der Waals surface area contributed by atoms with E-state index in [2.05, 4.69) is 53.2 Å². The Morgan fingerprint density at radius 3 is 1.72 bits per heavy atom. The summed E-state index contributed by atoms with van der Waals surface area (Å²) in [6.45, 7) is 6.93. The Morgan fingerprint density at radius 2 is 1.19 bits per heavy atom. The maximum Gasteiger partial charge on any atom is 0.123 e. The van der Waals surface area contributed by atoms with Gasteiger partial charge < -0.3 is 19.3 Å². The van der Waals surface area contributed by atoms with E-state index in [-0.39, 0.29) is 0 Å². The monoisotopic (exact) mass is 430 g/mol. The highest BCUT2D eigenvalue weighted by atomic mass is 16.5. The molecule has 4 rings (SSSR count). The molecule has 0 aromatic heterocycles. The molecule has 3 aromatic rings. The molecule has 1 fully saturated rings. The van der Waals surface area contributed by atoms with Gasteiger partial charge in [-0.2, -0.15) is 0 Å². The summed E-state index contributed by atoms with van der Waals surface area (Å²) in [5.41, 5.74) is 3.60. The molecule has 0 bridgehead atoms. The van der Waals surface area contributed by atoms with E-state index in [9.17, 15) is 0 Å². The van der Waals surface area contributed by atoms with E-state index in [1.54, 1.807) is 0 Å². The summed E-state index contributed by atoms with van der Waals surface area (Å²) in [6.07, 6.45) is 2.17. The number of hydrogen-bond acceptors (Lipinski definition) is 4. The number of nitrogens with zero attached hydrogens (tertiary/aromatic N) is 2. The summed E-state index contributed by atoms with van der Waals surface area (Å²) in [7, 11) is 2.20. The molecule has 1 saturated heterocycles. The zero-order valence-electron chi connectivity index (χ0n) is 19.1. The molecule has 4 heteroatoms. The van der Waals surface area contributed by atoms with Gasteiger partial charge in [0.15, 0.2) is 0 Å². The van der Waals surface area contributed by atoms with Crippen molar-refractivity contribution in [3.8, 4) is 11.5 Å². The van der Waals surface area contributed by atoms with Crippen LogP contribution in [-0.4, -0.2) is 49.6 Å². The molecule has 1 aliphatic rings. The number of piperazine rings is 1. The van der Waals surface area contributed by atoms with Crippen molar-refractivity contribution in [3.63, 3.8) is 0 Å². The minimum absolute atomic E-state index is 0.559. The Labute approximate surface area is 192 Å². The third-order valence-corrected chi connectivity index (χ3v) is 5.97. The van der Waals surface area contributed by atoms with Crippen LogP contribution in [0.4, 0.5) is 0 Å². The van der Waals surface area contributed by atoms with E-state index in [1.807, 2.05) is 42.5 Å². The second-order valence-corrected chi connectivity index (χ2v) is 8.61. The van der Waals surface area contributed by atoms with Crippen molar-refractivity contribution in [3.05, 3.63) is 95.6 Å². The minimum Gasteiger partial charge on any atom is -0.489 e. The van der Waals surface area contributed by atoms with Crippen molar-refractivity contribution in [1.82, 2.24) is 9.80 Å². The number of likely N-dealkylation sites (N-methyl/N-ethyl adjacent to an activating group) is 1. The Hall–Kier alpha value is -2.82. The molecule has 0 saturated carbocycles. The van der Waals surface area contributed by atoms with E-state index < -0.39 is 0 Å². The maximum absolute atomic E-state index is 6.14. The summed E-state index contributed by atoms with van der Waals surface area (Å²) >= 11 is 0. The Balaban J connectivity index is 1.38. The van der Waals surface area contributed by atoms with Gasteiger partial charge in [0.2, 0.25) is 0 Å². The molecule has 0 amide bonds. The van der Waals surface area contributed by atoms with E-state index in [0.29, 0.717) is 13.2 Å². The second kappa shape index (κ2) is 11.7. The first-order chi connectivity index (χ1) is 15.7. The first-order valence-electron chi connectivity index (χ1n) is 11.6. The second-order valence-electron chi connectivity index (χ2n) is 8.61. The lowest BCUT2D eigenvalue weighted by Crippen LogP contribution is -2.44. The van der Waals surface area contributed by atoms with Gasteiger partial charge in [0.25, 0.3) is 0 Å². The Kier molecular flexibility index (Phi) is 8.18. The zero-order chi connectivity index (χ0) is 22.0. The maximum atomic E-state index is 6.14. The number of ether oxygens (including phenoxy) is 2. The lowest BCUT2D eigenvalue weighted by atomic mass is 10.1. The molecule has 0 radical (unpaired) electrons. The average Bonchev–Trinajstić information content (AvgIpc) is 2.84. The molecule has 168 valence electrons. The van der Waals surface area contributed by atoms with Crippen molar-refractivity contribution < 1.29 is 9.47 Å². The van der Waals surface area contributed by atoms with Crippen LogP contribution < -0.4 is 9.47 Å². The van der Waals surface area contributed by atoms with Gasteiger partial charge in [0, 0.05) is 32.2 Å². The van der Waals surface area contributed by atoms with Gasteiger partial charge in [-0.3, -0.25) is 0 Å². The molecule has 3 aromatic carbocycles. The number of hydrogen-bond donors (Lipinski definition) is 0. The van der Waals surface area contributed by atoms with Gasteiger partial charge in [-0.1, -0.05) is 60.7 Å². The van der Waals surface area contributed by atoms with Crippen LogP contribution in [0.5, 0.6) is 11.5 Å². The van der Waals surface area contributed by atoms with E-state index >= 15 is 0 Å². The smallest absolute Gasteiger partial charge is 0.123 e. The van der Waals surface area contributed by atoms with Gasteiger partial charge in [-0.25, -0.2) is 0 Å². The van der Waals surface area contributed by atoms with Crippen LogP contribution in [0.15, 0.2) is 78.9 Å². The number of rotatable bonds is 10. The molecule has 1 heterocycles. The number of aryl methyl sites for hydroxylation is 1. The molecule has 4 nitrogen and oxygen atoms in total. The highest BCUT2D eigenvalue weighted by Gasteiger charge is 2.13. The molecular weight excluding hydrogens is 396 g/mol. The first-order valence-corrected chi connectivity index (χ1v) is 11.6. The Bertz CT molecular complexity index is 876. The molecule has 0 N–H and O–H groups in total. The highest BCUT2D eigenvalue weighted by molar-refractivity contribution is 5.39. The topological polar surface area (TPSA) is 24.9 Å². The van der Waals surface area contributed by atoms with E-state index in [4.69, 9.17) is 9.47 Å². The predicted molar refractivity (Wildman–Crippen MR) is 130 cm³/mol. The van der Waals surface area contributed by atoms with Gasteiger partial charge in [0.05, 0.1) is 0 Å². The molecule has 0 atom stereocenters. The third-order valence-electron chi connectivity index (χ3n) is 5.97. The highest BCUT2D eigenvalue weighted by Crippen LogP contribution is 2.26. The standard InChI is InChI=1S/C28H34N2O2/c1-29-15-17-30(18-16-29)14-8-13-26-19-27(31-22-24-9-4-2-5-10-24)21-28(20-26)32-23-25-11-6-3-7-12-25/h2-7,9-12,19-21H,8,13-18,22-23H2,1H3. The van der Waals surface area contributed by atoms with Crippen LogP contribution in [0.1, 0.15) is 23.1 Å².